The first-order valence-corrected chi connectivity index (χ1v) is 10.00. The summed E-state index contributed by atoms with van der Waals surface area (Å²) in [6.45, 7) is 3.28. The number of rotatable bonds is 5. The number of benzene rings is 1. The fraction of sp³-hybridized carbons (Fsp3) is 0.400. The zero-order chi connectivity index (χ0) is 19.2. The van der Waals surface area contributed by atoms with E-state index in [1.54, 1.807) is 30.1 Å². The van der Waals surface area contributed by atoms with Crippen LogP contribution in [0.5, 0.6) is 0 Å². The predicted molar refractivity (Wildman–Crippen MR) is 104 cm³/mol. The highest BCUT2D eigenvalue weighted by molar-refractivity contribution is 7.08. The van der Waals surface area contributed by atoms with Gasteiger partial charge in [0.05, 0.1) is 12.1 Å². The summed E-state index contributed by atoms with van der Waals surface area (Å²) in [6, 6.07) is 8.35. The van der Waals surface area contributed by atoms with E-state index in [-0.39, 0.29) is 30.7 Å². The summed E-state index contributed by atoms with van der Waals surface area (Å²) >= 11 is 1.52. The number of hydrogen-bond acceptors (Lipinski definition) is 4. The molecule has 2 heterocycles. The molecule has 3 rings (SSSR count). The molecule has 1 saturated heterocycles. The van der Waals surface area contributed by atoms with Crippen molar-refractivity contribution in [2.75, 3.05) is 39.8 Å². The summed E-state index contributed by atoms with van der Waals surface area (Å²) in [5.41, 5.74) is 1.24. The summed E-state index contributed by atoms with van der Waals surface area (Å²) < 4.78 is 13.8. The minimum absolute atomic E-state index is 0.0455. The SMILES string of the molecule is CN(Cc1ccccc1F)C(=O)CN1CCCN(C(=O)c2ccsc2)CC1. The first kappa shape index (κ1) is 19.5. The second kappa shape index (κ2) is 9.10. The van der Waals surface area contributed by atoms with E-state index in [1.165, 1.54) is 17.4 Å². The van der Waals surface area contributed by atoms with Gasteiger partial charge in [0.25, 0.3) is 5.91 Å². The number of amides is 2. The van der Waals surface area contributed by atoms with Crippen LogP contribution >= 0.6 is 11.3 Å². The van der Waals surface area contributed by atoms with Crippen LogP contribution in [0.1, 0.15) is 22.3 Å². The van der Waals surface area contributed by atoms with Gasteiger partial charge in [-0.05, 0) is 23.9 Å². The molecule has 1 aromatic heterocycles. The van der Waals surface area contributed by atoms with Crippen LogP contribution in [0.4, 0.5) is 4.39 Å². The Hall–Kier alpha value is -2.25. The Morgan fingerprint density at radius 1 is 1.15 bits per heavy atom. The molecule has 1 aromatic carbocycles. The Balaban J connectivity index is 1.51. The summed E-state index contributed by atoms with van der Waals surface area (Å²) in [6.07, 6.45) is 0.834. The summed E-state index contributed by atoms with van der Waals surface area (Å²) in [4.78, 5) is 30.5. The molecule has 5 nitrogen and oxygen atoms in total. The third-order valence-corrected chi connectivity index (χ3v) is 5.48. The van der Waals surface area contributed by atoms with Crippen LogP contribution in [0.2, 0.25) is 0 Å². The molecule has 0 unspecified atom stereocenters. The molecule has 1 fully saturated rings. The normalized spacial score (nSPS) is 15.4. The largest absolute Gasteiger partial charge is 0.340 e. The molecule has 0 bridgehead atoms. The van der Waals surface area contributed by atoms with Gasteiger partial charge >= 0.3 is 0 Å². The van der Waals surface area contributed by atoms with Crippen LogP contribution in [0.3, 0.4) is 0 Å². The van der Waals surface area contributed by atoms with Crippen molar-refractivity contribution in [2.24, 2.45) is 0 Å². The van der Waals surface area contributed by atoms with Gasteiger partial charge in [0.2, 0.25) is 5.91 Å². The molecular weight excluding hydrogens is 365 g/mol. The number of halogens is 1. The smallest absolute Gasteiger partial charge is 0.254 e. The molecule has 2 amide bonds. The fourth-order valence-corrected chi connectivity index (χ4v) is 3.81. The Labute approximate surface area is 163 Å². The molecule has 0 spiro atoms. The van der Waals surface area contributed by atoms with E-state index >= 15 is 0 Å². The molecule has 27 heavy (non-hydrogen) atoms. The van der Waals surface area contributed by atoms with Crippen LogP contribution in [0.25, 0.3) is 0 Å². The van der Waals surface area contributed by atoms with E-state index in [2.05, 4.69) is 4.90 Å². The number of hydrogen-bond donors (Lipinski definition) is 0. The lowest BCUT2D eigenvalue weighted by molar-refractivity contribution is -0.131. The molecule has 0 atom stereocenters. The van der Waals surface area contributed by atoms with Crippen molar-refractivity contribution in [1.82, 2.24) is 14.7 Å². The van der Waals surface area contributed by atoms with Gasteiger partial charge in [-0.2, -0.15) is 11.3 Å². The minimum Gasteiger partial charge on any atom is -0.340 e. The number of carbonyl (C=O) groups is 2. The highest BCUT2D eigenvalue weighted by Gasteiger charge is 2.22. The molecule has 7 heteroatoms. The van der Waals surface area contributed by atoms with Gasteiger partial charge < -0.3 is 9.80 Å². The maximum absolute atomic E-state index is 13.8. The maximum atomic E-state index is 13.8. The fourth-order valence-electron chi connectivity index (χ4n) is 3.18. The predicted octanol–water partition coefficient (Wildman–Crippen LogP) is 2.69. The van der Waals surface area contributed by atoms with Crippen molar-refractivity contribution in [3.63, 3.8) is 0 Å². The van der Waals surface area contributed by atoms with Crippen LogP contribution < -0.4 is 0 Å². The van der Waals surface area contributed by atoms with Gasteiger partial charge in [-0.1, -0.05) is 18.2 Å². The lowest BCUT2D eigenvalue weighted by atomic mass is 10.2. The number of nitrogens with zero attached hydrogens (tertiary/aromatic N) is 3. The zero-order valence-electron chi connectivity index (χ0n) is 15.4. The van der Waals surface area contributed by atoms with E-state index in [9.17, 15) is 14.0 Å². The van der Waals surface area contributed by atoms with Gasteiger partial charge in [-0.15, -0.1) is 0 Å². The molecule has 144 valence electrons. The Morgan fingerprint density at radius 3 is 2.70 bits per heavy atom. The van der Waals surface area contributed by atoms with Crippen LogP contribution in [0.15, 0.2) is 41.1 Å². The molecule has 0 saturated carbocycles. The quantitative estimate of drug-likeness (QED) is 0.790. The molecular formula is C20H24FN3O2S. The second-order valence-electron chi connectivity index (χ2n) is 6.78. The first-order valence-electron chi connectivity index (χ1n) is 9.06. The highest BCUT2D eigenvalue weighted by Crippen LogP contribution is 2.13. The van der Waals surface area contributed by atoms with E-state index in [0.29, 0.717) is 25.2 Å². The third kappa shape index (κ3) is 5.14. The molecule has 0 aliphatic carbocycles. The molecule has 0 radical (unpaired) electrons. The number of likely N-dealkylation sites (N-methyl/N-ethyl adjacent to an activating group) is 1. The van der Waals surface area contributed by atoms with Crippen molar-refractivity contribution < 1.29 is 14.0 Å². The van der Waals surface area contributed by atoms with Crippen LogP contribution in [-0.2, 0) is 11.3 Å². The lowest BCUT2D eigenvalue weighted by Gasteiger charge is -2.24. The molecule has 1 aliphatic rings. The lowest BCUT2D eigenvalue weighted by Crippen LogP contribution is -2.40. The van der Waals surface area contributed by atoms with E-state index in [1.807, 2.05) is 21.7 Å². The van der Waals surface area contributed by atoms with Crippen molar-refractivity contribution >= 4 is 23.2 Å². The molecule has 0 N–H and O–H groups in total. The van der Waals surface area contributed by atoms with Gasteiger partial charge in [0.1, 0.15) is 5.82 Å². The summed E-state index contributed by atoms with van der Waals surface area (Å²) in [5, 5.41) is 3.77. The highest BCUT2D eigenvalue weighted by atomic mass is 32.1. The summed E-state index contributed by atoms with van der Waals surface area (Å²) in [7, 11) is 1.69. The molecule has 1 aliphatic heterocycles. The van der Waals surface area contributed by atoms with Crippen molar-refractivity contribution in [1.29, 1.82) is 0 Å². The van der Waals surface area contributed by atoms with Crippen molar-refractivity contribution in [2.45, 2.75) is 13.0 Å². The number of thiophene rings is 1. The topological polar surface area (TPSA) is 43.9 Å². The van der Waals surface area contributed by atoms with Gasteiger partial charge in [0, 0.05) is 50.7 Å². The van der Waals surface area contributed by atoms with Crippen LogP contribution in [-0.4, -0.2) is 66.3 Å². The first-order chi connectivity index (χ1) is 13.0. The van der Waals surface area contributed by atoms with Gasteiger partial charge in [-0.25, -0.2) is 4.39 Å². The average Bonchev–Trinajstić information content (AvgIpc) is 3.10. The van der Waals surface area contributed by atoms with Crippen molar-refractivity contribution in [3.05, 3.63) is 58.0 Å². The third-order valence-electron chi connectivity index (χ3n) is 4.79. The standard InChI is InChI=1S/C20H24FN3O2S/c1-22(13-16-5-2-3-6-18(16)21)19(25)14-23-8-4-9-24(11-10-23)20(26)17-7-12-27-15-17/h2-3,5-7,12,15H,4,8-11,13-14H2,1H3. The molecule has 2 aromatic rings. The van der Waals surface area contributed by atoms with Gasteiger partial charge in [0.15, 0.2) is 0 Å². The Morgan fingerprint density at radius 2 is 1.96 bits per heavy atom. The minimum atomic E-state index is -0.297. The summed E-state index contributed by atoms with van der Waals surface area (Å²) in [5.74, 6) is -0.286. The van der Waals surface area contributed by atoms with Gasteiger partial charge in [-0.3, -0.25) is 14.5 Å². The van der Waals surface area contributed by atoms with E-state index in [4.69, 9.17) is 0 Å². The maximum Gasteiger partial charge on any atom is 0.254 e. The monoisotopic (exact) mass is 389 g/mol. The van der Waals surface area contributed by atoms with Crippen molar-refractivity contribution in [3.8, 4) is 0 Å². The Kier molecular flexibility index (Phi) is 6.58. The zero-order valence-corrected chi connectivity index (χ0v) is 16.3. The Bertz CT molecular complexity index is 781. The second-order valence-corrected chi connectivity index (χ2v) is 7.56. The number of carbonyl (C=O) groups excluding carboxylic acids is 2. The van der Waals surface area contributed by atoms with E-state index < -0.39 is 0 Å². The van der Waals surface area contributed by atoms with Crippen LogP contribution in [0, 0.1) is 5.82 Å². The van der Waals surface area contributed by atoms with E-state index in [0.717, 1.165) is 18.5 Å². The average molecular weight is 389 g/mol.